The SMILES string of the molecule is O=C(OCc1nc2ccccc2o1)c1c2c(nc3ccccc13)CCCC2. The number of hydrogen-bond acceptors (Lipinski definition) is 5. The van der Waals surface area contributed by atoms with E-state index in [2.05, 4.69) is 4.98 Å². The van der Waals surface area contributed by atoms with Gasteiger partial charge in [-0.25, -0.2) is 9.78 Å². The van der Waals surface area contributed by atoms with Crippen molar-refractivity contribution in [2.45, 2.75) is 32.3 Å². The van der Waals surface area contributed by atoms with Crippen molar-refractivity contribution >= 4 is 28.0 Å². The quantitative estimate of drug-likeness (QED) is 0.500. The van der Waals surface area contributed by atoms with E-state index in [1.165, 1.54) is 0 Å². The van der Waals surface area contributed by atoms with Gasteiger partial charge in [0.15, 0.2) is 12.2 Å². The lowest BCUT2D eigenvalue weighted by Gasteiger charge is -2.19. The van der Waals surface area contributed by atoms with Crippen LogP contribution in [0.4, 0.5) is 0 Å². The number of hydrogen-bond donors (Lipinski definition) is 0. The van der Waals surface area contributed by atoms with Gasteiger partial charge in [0.2, 0.25) is 5.89 Å². The van der Waals surface area contributed by atoms with E-state index >= 15 is 0 Å². The normalized spacial score (nSPS) is 13.6. The van der Waals surface area contributed by atoms with Gasteiger partial charge in [-0.1, -0.05) is 30.3 Å². The first-order valence-corrected chi connectivity index (χ1v) is 9.21. The maximum absolute atomic E-state index is 13.0. The maximum atomic E-state index is 13.0. The zero-order valence-electron chi connectivity index (χ0n) is 14.8. The van der Waals surface area contributed by atoms with E-state index in [1.54, 1.807) is 0 Å². The van der Waals surface area contributed by atoms with Crippen molar-refractivity contribution in [3.63, 3.8) is 0 Å². The van der Waals surface area contributed by atoms with Gasteiger partial charge in [-0.05, 0) is 49.4 Å². The third kappa shape index (κ3) is 2.85. The molecule has 0 unspecified atom stereocenters. The molecule has 1 aliphatic carbocycles. The number of carbonyl (C=O) groups excluding carboxylic acids is 1. The second-order valence-electron chi connectivity index (χ2n) is 6.79. The largest absolute Gasteiger partial charge is 0.452 e. The third-order valence-corrected chi connectivity index (χ3v) is 5.04. The molecule has 5 nitrogen and oxygen atoms in total. The molecule has 2 heterocycles. The summed E-state index contributed by atoms with van der Waals surface area (Å²) in [5.41, 5.74) is 4.99. The highest BCUT2D eigenvalue weighted by Crippen LogP contribution is 2.30. The van der Waals surface area contributed by atoms with Gasteiger partial charge in [0, 0.05) is 11.1 Å². The van der Waals surface area contributed by atoms with E-state index in [4.69, 9.17) is 14.1 Å². The van der Waals surface area contributed by atoms with Gasteiger partial charge in [0.1, 0.15) is 5.52 Å². The van der Waals surface area contributed by atoms with Gasteiger partial charge >= 0.3 is 5.97 Å². The number of oxazole rings is 1. The van der Waals surface area contributed by atoms with E-state index in [1.807, 2.05) is 48.5 Å². The van der Waals surface area contributed by atoms with E-state index in [0.717, 1.165) is 53.4 Å². The highest BCUT2D eigenvalue weighted by Gasteiger charge is 2.24. The van der Waals surface area contributed by atoms with Crippen molar-refractivity contribution in [1.29, 1.82) is 0 Å². The van der Waals surface area contributed by atoms with Gasteiger partial charge in [0.25, 0.3) is 0 Å². The Hall–Kier alpha value is -3.21. The molecule has 0 amide bonds. The first-order valence-electron chi connectivity index (χ1n) is 9.21. The molecule has 0 atom stereocenters. The van der Waals surface area contributed by atoms with Crippen LogP contribution in [-0.4, -0.2) is 15.9 Å². The monoisotopic (exact) mass is 358 g/mol. The summed E-state index contributed by atoms with van der Waals surface area (Å²) in [7, 11) is 0. The highest BCUT2D eigenvalue weighted by molar-refractivity contribution is 6.05. The highest BCUT2D eigenvalue weighted by atomic mass is 16.5. The molecule has 1 aliphatic rings. The fourth-order valence-electron chi connectivity index (χ4n) is 3.79. The molecule has 27 heavy (non-hydrogen) atoms. The van der Waals surface area contributed by atoms with Crippen LogP contribution in [0.15, 0.2) is 52.9 Å². The molecule has 4 aromatic rings. The number of esters is 1. The van der Waals surface area contributed by atoms with Crippen molar-refractivity contribution in [3.8, 4) is 0 Å². The van der Waals surface area contributed by atoms with Crippen molar-refractivity contribution in [3.05, 3.63) is 71.2 Å². The van der Waals surface area contributed by atoms with Crippen LogP contribution in [0.25, 0.3) is 22.0 Å². The zero-order valence-corrected chi connectivity index (χ0v) is 14.8. The summed E-state index contributed by atoms with van der Waals surface area (Å²) in [5, 5.41) is 0.848. The fourth-order valence-corrected chi connectivity index (χ4v) is 3.79. The standard InChI is InChI=1S/C22H18N2O3/c25-22(26-13-20-24-18-11-5-6-12-19(18)27-20)21-14-7-1-3-9-16(14)23-17-10-4-2-8-15(17)21/h1,3,5-7,9,11-12H,2,4,8,10,13H2. The fraction of sp³-hybridized carbons (Fsp3) is 0.227. The lowest BCUT2D eigenvalue weighted by Crippen LogP contribution is -2.15. The number of benzene rings is 2. The van der Waals surface area contributed by atoms with Crippen LogP contribution in [0, 0.1) is 0 Å². The van der Waals surface area contributed by atoms with Gasteiger partial charge in [0.05, 0.1) is 11.1 Å². The number of carbonyl (C=O) groups is 1. The molecule has 0 N–H and O–H groups in total. The molecule has 0 radical (unpaired) electrons. The Morgan fingerprint density at radius 1 is 0.963 bits per heavy atom. The summed E-state index contributed by atoms with van der Waals surface area (Å²) in [6, 6.07) is 15.3. The van der Waals surface area contributed by atoms with Crippen molar-refractivity contribution in [1.82, 2.24) is 9.97 Å². The number of pyridine rings is 1. The summed E-state index contributed by atoms with van der Waals surface area (Å²) >= 11 is 0. The number of para-hydroxylation sites is 3. The smallest absolute Gasteiger partial charge is 0.339 e. The topological polar surface area (TPSA) is 65.2 Å². The Labute approximate surface area is 156 Å². The van der Waals surface area contributed by atoms with Crippen LogP contribution in [0.5, 0.6) is 0 Å². The first kappa shape index (κ1) is 16.0. The molecular formula is C22H18N2O3. The summed E-state index contributed by atoms with van der Waals surface area (Å²) in [4.78, 5) is 22.1. The molecule has 0 bridgehead atoms. The van der Waals surface area contributed by atoms with Gasteiger partial charge < -0.3 is 9.15 Å². The van der Waals surface area contributed by atoms with E-state index < -0.39 is 0 Å². The molecule has 0 fully saturated rings. The van der Waals surface area contributed by atoms with Crippen LogP contribution < -0.4 is 0 Å². The van der Waals surface area contributed by atoms with Gasteiger partial charge in [-0.3, -0.25) is 4.98 Å². The van der Waals surface area contributed by atoms with E-state index in [-0.39, 0.29) is 12.6 Å². The van der Waals surface area contributed by atoms with Crippen molar-refractivity contribution in [2.75, 3.05) is 0 Å². The predicted octanol–water partition coefficient (Wildman–Crippen LogP) is 4.61. The molecule has 0 saturated carbocycles. The van der Waals surface area contributed by atoms with E-state index in [9.17, 15) is 4.79 Å². The molecule has 0 aliphatic heterocycles. The molecule has 134 valence electrons. The number of aryl methyl sites for hydroxylation is 1. The van der Waals surface area contributed by atoms with Gasteiger partial charge in [-0.2, -0.15) is 0 Å². The maximum Gasteiger partial charge on any atom is 0.339 e. The lowest BCUT2D eigenvalue weighted by molar-refractivity contribution is 0.0441. The summed E-state index contributed by atoms with van der Waals surface area (Å²) < 4.78 is 11.2. The summed E-state index contributed by atoms with van der Waals surface area (Å²) in [6.45, 7) is 0.0128. The second-order valence-corrected chi connectivity index (χ2v) is 6.79. The zero-order chi connectivity index (χ0) is 18.2. The summed E-state index contributed by atoms with van der Waals surface area (Å²) in [6.07, 6.45) is 3.94. The number of ether oxygens (including phenoxy) is 1. The van der Waals surface area contributed by atoms with Crippen LogP contribution in [0.3, 0.4) is 0 Å². The Morgan fingerprint density at radius 2 is 1.74 bits per heavy atom. The Balaban J connectivity index is 1.49. The number of rotatable bonds is 3. The summed E-state index contributed by atoms with van der Waals surface area (Å²) in [5.74, 6) is 0.0609. The number of fused-ring (bicyclic) bond motifs is 3. The lowest BCUT2D eigenvalue weighted by atomic mass is 9.90. The van der Waals surface area contributed by atoms with Crippen LogP contribution in [0.2, 0.25) is 0 Å². The average molecular weight is 358 g/mol. The predicted molar refractivity (Wildman–Crippen MR) is 102 cm³/mol. The minimum Gasteiger partial charge on any atom is -0.452 e. The van der Waals surface area contributed by atoms with Gasteiger partial charge in [-0.15, -0.1) is 0 Å². The van der Waals surface area contributed by atoms with E-state index in [0.29, 0.717) is 17.0 Å². The van der Waals surface area contributed by atoms with Crippen LogP contribution in [-0.2, 0) is 24.2 Å². The first-order chi connectivity index (χ1) is 13.3. The molecule has 0 spiro atoms. The van der Waals surface area contributed by atoms with Crippen molar-refractivity contribution in [2.24, 2.45) is 0 Å². The molecule has 5 heteroatoms. The molecule has 2 aromatic heterocycles. The van der Waals surface area contributed by atoms with Crippen LogP contribution >= 0.6 is 0 Å². The Kier molecular flexibility index (Phi) is 3.85. The average Bonchev–Trinajstić information content (AvgIpc) is 3.13. The third-order valence-electron chi connectivity index (χ3n) is 5.04. The molecule has 5 rings (SSSR count). The number of nitrogens with zero attached hydrogens (tertiary/aromatic N) is 2. The Bertz CT molecular complexity index is 1130. The minimum atomic E-state index is -0.339. The molecule has 2 aromatic carbocycles. The van der Waals surface area contributed by atoms with Crippen LogP contribution in [0.1, 0.15) is 40.3 Å². The van der Waals surface area contributed by atoms with Crippen molar-refractivity contribution < 1.29 is 13.9 Å². The molecular weight excluding hydrogens is 340 g/mol. The minimum absolute atomic E-state index is 0.0128. The second kappa shape index (κ2) is 6.50. The Morgan fingerprint density at radius 3 is 2.63 bits per heavy atom. The molecule has 0 saturated heterocycles. The number of aromatic nitrogens is 2.